The second-order valence-corrected chi connectivity index (χ2v) is 7.34. The molecule has 0 atom stereocenters. The van der Waals surface area contributed by atoms with Crippen LogP contribution >= 0.6 is 0 Å². The van der Waals surface area contributed by atoms with Crippen LogP contribution in [0.25, 0.3) is 21.8 Å². The van der Waals surface area contributed by atoms with E-state index in [2.05, 4.69) is 9.97 Å². The van der Waals surface area contributed by atoms with Crippen molar-refractivity contribution in [3.8, 4) is 17.2 Å². The van der Waals surface area contributed by atoms with Crippen molar-refractivity contribution in [1.29, 1.82) is 0 Å². The zero-order chi connectivity index (χ0) is 21.4. The minimum atomic E-state index is -0.452. The molecule has 0 bridgehead atoms. The molecule has 0 unspecified atom stereocenters. The molecule has 2 heterocycles. The van der Waals surface area contributed by atoms with Gasteiger partial charge in [-0.1, -0.05) is 24.3 Å². The number of fused-ring (bicyclic) bond motifs is 2. The summed E-state index contributed by atoms with van der Waals surface area (Å²) in [6.45, 7) is 0. The Morgan fingerprint density at radius 2 is 1.19 bits per heavy atom. The Morgan fingerprint density at radius 1 is 0.677 bits per heavy atom. The summed E-state index contributed by atoms with van der Waals surface area (Å²) in [5.74, 6) is 0.560. The van der Waals surface area contributed by atoms with E-state index in [1.54, 1.807) is 43.8 Å². The molecule has 5 rings (SSSR count). The highest BCUT2D eigenvalue weighted by atomic mass is 16.5. The van der Waals surface area contributed by atoms with Gasteiger partial charge in [-0.3, -0.25) is 9.97 Å². The van der Waals surface area contributed by atoms with Gasteiger partial charge in [-0.25, -0.2) is 0 Å². The molecule has 0 spiro atoms. The molecule has 152 valence electrons. The number of nitrogens with zero attached hydrogens (tertiary/aromatic N) is 2. The number of pyridine rings is 2. The van der Waals surface area contributed by atoms with Crippen molar-refractivity contribution in [2.75, 3.05) is 7.11 Å². The number of aromatic hydroxyl groups is 2. The fraction of sp³-hybridized carbons (Fsp3) is 0.0769. The third kappa shape index (κ3) is 3.20. The number of methoxy groups -OCH3 is 1. The molecule has 0 fully saturated rings. The number of rotatable bonds is 4. The lowest BCUT2D eigenvalue weighted by Crippen LogP contribution is -2.07. The standard InChI is InChI=1S/C26H20N2O3/c1-31-17-8-6-16(7-9-17)24(25-18-4-2-14-27-20(18)10-12-22(25)29)26-19-5-3-15-28-21(19)11-13-23(26)30/h2-15,24,29-30H,1H3. The van der Waals surface area contributed by atoms with Gasteiger partial charge >= 0.3 is 0 Å². The van der Waals surface area contributed by atoms with Gasteiger partial charge in [0.2, 0.25) is 0 Å². The topological polar surface area (TPSA) is 75.5 Å². The number of hydrogen-bond donors (Lipinski definition) is 2. The molecule has 5 aromatic rings. The van der Waals surface area contributed by atoms with Gasteiger partial charge in [0, 0.05) is 40.2 Å². The third-order valence-corrected chi connectivity index (χ3v) is 5.63. The molecule has 0 amide bonds. The number of phenolic OH excluding ortho intramolecular Hbond substituents is 2. The molecule has 0 saturated heterocycles. The lowest BCUT2D eigenvalue weighted by molar-refractivity contribution is 0.414. The van der Waals surface area contributed by atoms with Crippen LogP contribution in [0.15, 0.2) is 85.2 Å². The monoisotopic (exact) mass is 408 g/mol. The van der Waals surface area contributed by atoms with Gasteiger partial charge < -0.3 is 14.9 Å². The second-order valence-electron chi connectivity index (χ2n) is 7.34. The number of ether oxygens (including phenoxy) is 1. The van der Waals surface area contributed by atoms with Crippen LogP contribution in [0.3, 0.4) is 0 Å². The summed E-state index contributed by atoms with van der Waals surface area (Å²) in [5.41, 5.74) is 3.81. The number of aromatic nitrogens is 2. The summed E-state index contributed by atoms with van der Waals surface area (Å²) < 4.78 is 5.33. The number of benzene rings is 3. The smallest absolute Gasteiger partial charge is 0.120 e. The predicted molar refractivity (Wildman–Crippen MR) is 121 cm³/mol. The van der Waals surface area contributed by atoms with Crippen molar-refractivity contribution >= 4 is 21.8 Å². The van der Waals surface area contributed by atoms with E-state index < -0.39 is 5.92 Å². The zero-order valence-corrected chi connectivity index (χ0v) is 16.9. The van der Waals surface area contributed by atoms with Crippen molar-refractivity contribution in [3.05, 3.63) is 102 Å². The number of phenols is 2. The summed E-state index contributed by atoms with van der Waals surface area (Å²) in [5, 5.41) is 23.7. The van der Waals surface area contributed by atoms with Crippen LogP contribution < -0.4 is 4.74 Å². The maximum absolute atomic E-state index is 11.0. The van der Waals surface area contributed by atoms with E-state index in [0.717, 1.165) is 33.1 Å². The van der Waals surface area contributed by atoms with Crippen molar-refractivity contribution in [1.82, 2.24) is 9.97 Å². The minimum Gasteiger partial charge on any atom is -0.508 e. The molecule has 2 aromatic heterocycles. The van der Waals surface area contributed by atoms with Crippen LogP contribution in [0, 0.1) is 0 Å². The Kier molecular flexibility index (Phi) is 4.64. The first-order valence-electron chi connectivity index (χ1n) is 9.94. The fourth-order valence-electron chi connectivity index (χ4n) is 4.21. The van der Waals surface area contributed by atoms with E-state index in [9.17, 15) is 10.2 Å². The molecule has 2 N–H and O–H groups in total. The van der Waals surface area contributed by atoms with Gasteiger partial charge in [-0.15, -0.1) is 0 Å². The highest BCUT2D eigenvalue weighted by molar-refractivity contribution is 5.91. The van der Waals surface area contributed by atoms with Crippen LogP contribution in [0.1, 0.15) is 22.6 Å². The van der Waals surface area contributed by atoms with E-state index in [1.807, 2.05) is 48.5 Å². The highest BCUT2D eigenvalue weighted by Gasteiger charge is 2.27. The molecule has 0 saturated carbocycles. The second kappa shape index (κ2) is 7.61. The summed E-state index contributed by atoms with van der Waals surface area (Å²) in [4.78, 5) is 8.92. The molecular weight excluding hydrogens is 388 g/mol. The first-order valence-corrected chi connectivity index (χ1v) is 9.94. The maximum atomic E-state index is 11.0. The Labute approximate surface area is 179 Å². The number of hydrogen-bond acceptors (Lipinski definition) is 5. The Balaban J connectivity index is 1.89. The first-order chi connectivity index (χ1) is 15.2. The Morgan fingerprint density at radius 3 is 1.68 bits per heavy atom. The zero-order valence-electron chi connectivity index (χ0n) is 16.9. The average molecular weight is 408 g/mol. The van der Waals surface area contributed by atoms with Gasteiger partial charge in [0.05, 0.1) is 18.1 Å². The first kappa shape index (κ1) is 18.9. The van der Waals surface area contributed by atoms with Gasteiger partial charge in [-0.05, 0) is 54.1 Å². The van der Waals surface area contributed by atoms with E-state index in [-0.39, 0.29) is 11.5 Å². The maximum Gasteiger partial charge on any atom is 0.120 e. The normalized spacial score (nSPS) is 11.3. The van der Waals surface area contributed by atoms with Crippen LogP contribution in [0.4, 0.5) is 0 Å². The molecule has 5 nitrogen and oxygen atoms in total. The van der Waals surface area contributed by atoms with Crippen LogP contribution in [-0.2, 0) is 0 Å². The van der Waals surface area contributed by atoms with Gasteiger partial charge in [0.15, 0.2) is 0 Å². The van der Waals surface area contributed by atoms with Crippen molar-refractivity contribution in [2.45, 2.75) is 5.92 Å². The minimum absolute atomic E-state index is 0.140. The average Bonchev–Trinajstić information content (AvgIpc) is 2.82. The van der Waals surface area contributed by atoms with E-state index >= 15 is 0 Å². The third-order valence-electron chi connectivity index (χ3n) is 5.63. The van der Waals surface area contributed by atoms with Gasteiger partial charge in [0.25, 0.3) is 0 Å². The quantitative estimate of drug-likeness (QED) is 0.390. The lowest BCUT2D eigenvalue weighted by atomic mass is 9.80. The SMILES string of the molecule is COc1ccc(C(c2c(O)ccc3ncccc23)c2c(O)ccc3ncccc23)cc1. The molecule has 0 aliphatic rings. The van der Waals surface area contributed by atoms with Gasteiger partial charge in [-0.2, -0.15) is 0 Å². The molecule has 0 aliphatic carbocycles. The summed E-state index contributed by atoms with van der Waals surface area (Å²) in [6.07, 6.45) is 3.45. The van der Waals surface area contributed by atoms with Crippen molar-refractivity contribution < 1.29 is 14.9 Å². The van der Waals surface area contributed by atoms with Crippen molar-refractivity contribution in [2.24, 2.45) is 0 Å². The van der Waals surface area contributed by atoms with E-state index in [0.29, 0.717) is 11.1 Å². The highest BCUT2D eigenvalue weighted by Crippen LogP contribution is 2.46. The van der Waals surface area contributed by atoms with Crippen LogP contribution in [-0.4, -0.2) is 27.3 Å². The Hall–Kier alpha value is -4.12. The van der Waals surface area contributed by atoms with Crippen molar-refractivity contribution in [3.63, 3.8) is 0 Å². The summed E-state index contributed by atoms with van der Waals surface area (Å²) in [7, 11) is 1.62. The predicted octanol–water partition coefficient (Wildman–Crippen LogP) is 5.38. The Bertz CT molecular complexity index is 1310. The molecule has 5 heteroatoms. The fourth-order valence-corrected chi connectivity index (χ4v) is 4.21. The summed E-state index contributed by atoms with van der Waals surface area (Å²) in [6, 6.07) is 22.1. The largest absolute Gasteiger partial charge is 0.508 e. The van der Waals surface area contributed by atoms with Crippen LogP contribution in [0.5, 0.6) is 17.2 Å². The summed E-state index contributed by atoms with van der Waals surface area (Å²) >= 11 is 0. The van der Waals surface area contributed by atoms with E-state index in [4.69, 9.17) is 4.74 Å². The molecule has 0 aliphatic heterocycles. The van der Waals surface area contributed by atoms with Crippen LogP contribution in [0.2, 0.25) is 0 Å². The molecular formula is C26H20N2O3. The molecule has 0 radical (unpaired) electrons. The molecule has 31 heavy (non-hydrogen) atoms. The van der Waals surface area contributed by atoms with E-state index in [1.165, 1.54) is 0 Å². The van der Waals surface area contributed by atoms with Gasteiger partial charge in [0.1, 0.15) is 17.2 Å². The molecule has 3 aromatic carbocycles. The lowest BCUT2D eigenvalue weighted by Gasteiger charge is -2.24.